The van der Waals surface area contributed by atoms with Gasteiger partial charge >= 0.3 is 0 Å². The second-order valence-corrected chi connectivity index (χ2v) is 4.96. The van der Waals surface area contributed by atoms with Gasteiger partial charge in [0.1, 0.15) is 5.69 Å². The van der Waals surface area contributed by atoms with Crippen LogP contribution < -0.4 is 0 Å². The van der Waals surface area contributed by atoms with Gasteiger partial charge in [-0.25, -0.2) is 0 Å². The number of nitrogens with zero attached hydrogens (tertiary/aromatic N) is 3. The second kappa shape index (κ2) is 3.51. The summed E-state index contributed by atoms with van der Waals surface area (Å²) < 4.78 is 1.91. The van der Waals surface area contributed by atoms with Gasteiger partial charge in [-0.2, -0.15) is 5.10 Å². The lowest BCUT2D eigenvalue weighted by Gasteiger charge is -2.16. The van der Waals surface area contributed by atoms with E-state index in [0.717, 1.165) is 48.3 Å². The number of aryl methyl sites for hydroxylation is 2. The van der Waals surface area contributed by atoms with Crippen LogP contribution in [0.3, 0.4) is 0 Å². The molecule has 1 aliphatic carbocycles. The highest BCUT2D eigenvalue weighted by Gasteiger charge is 2.29. The number of aromatic nitrogens is 3. The van der Waals surface area contributed by atoms with Gasteiger partial charge in [0.15, 0.2) is 5.78 Å². The third kappa shape index (κ3) is 1.23. The Morgan fingerprint density at radius 2 is 2.17 bits per heavy atom. The molecule has 4 heteroatoms. The number of ketones is 1. The molecule has 0 bridgehead atoms. The van der Waals surface area contributed by atoms with E-state index in [2.05, 4.69) is 10.1 Å². The third-order valence-electron chi connectivity index (χ3n) is 3.89. The van der Waals surface area contributed by atoms with Crippen LogP contribution in [0.15, 0.2) is 18.5 Å². The van der Waals surface area contributed by atoms with E-state index in [-0.39, 0.29) is 5.78 Å². The summed E-state index contributed by atoms with van der Waals surface area (Å²) >= 11 is 0. The summed E-state index contributed by atoms with van der Waals surface area (Å²) in [5, 5.41) is 4.65. The Labute approximate surface area is 105 Å². The first kappa shape index (κ1) is 10.00. The van der Waals surface area contributed by atoms with Crippen molar-refractivity contribution < 1.29 is 4.79 Å². The van der Waals surface area contributed by atoms with Crippen LogP contribution in [0.1, 0.15) is 34.5 Å². The Morgan fingerprint density at radius 3 is 3.11 bits per heavy atom. The molecule has 18 heavy (non-hydrogen) atoms. The molecular weight excluding hydrogens is 226 g/mol. The molecule has 0 unspecified atom stereocenters. The number of carbonyl (C=O) groups is 1. The summed E-state index contributed by atoms with van der Waals surface area (Å²) in [5.74, 6) is 0.257. The fraction of sp³-hybridized carbons (Fsp3) is 0.357. The molecule has 0 aromatic carbocycles. The monoisotopic (exact) mass is 239 g/mol. The summed E-state index contributed by atoms with van der Waals surface area (Å²) in [6, 6.07) is 2.01. The Morgan fingerprint density at radius 1 is 1.22 bits per heavy atom. The molecule has 0 atom stereocenters. The van der Waals surface area contributed by atoms with E-state index >= 15 is 0 Å². The van der Waals surface area contributed by atoms with Gasteiger partial charge < -0.3 is 0 Å². The zero-order chi connectivity index (χ0) is 12.1. The molecule has 4 nitrogen and oxygen atoms in total. The number of rotatable bonds is 0. The molecule has 0 N–H and O–H groups in total. The van der Waals surface area contributed by atoms with Gasteiger partial charge in [0.2, 0.25) is 0 Å². The Kier molecular flexibility index (Phi) is 1.95. The molecule has 0 saturated heterocycles. The van der Waals surface area contributed by atoms with Crippen molar-refractivity contribution in [2.24, 2.45) is 0 Å². The summed E-state index contributed by atoms with van der Waals surface area (Å²) in [7, 11) is 0. The van der Waals surface area contributed by atoms with Crippen LogP contribution in [-0.2, 0) is 19.4 Å². The Bertz CT molecular complexity index is 657. The maximum Gasteiger partial charge on any atom is 0.181 e. The van der Waals surface area contributed by atoms with Crippen LogP contribution in [0.5, 0.6) is 0 Å². The fourth-order valence-electron chi connectivity index (χ4n) is 3.05. The minimum absolute atomic E-state index is 0.257. The molecular formula is C14H13N3O. The van der Waals surface area contributed by atoms with Crippen LogP contribution in [0.25, 0.3) is 11.3 Å². The largest absolute Gasteiger partial charge is 0.292 e. The van der Waals surface area contributed by atoms with Crippen molar-refractivity contribution in [1.29, 1.82) is 0 Å². The maximum absolute atomic E-state index is 12.1. The molecule has 2 aliphatic rings. The first-order valence-corrected chi connectivity index (χ1v) is 6.41. The lowest BCUT2D eigenvalue weighted by Crippen LogP contribution is -2.18. The van der Waals surface area contributed by atoms with E-state index in [1.807, 2.05) is 16.9 Å². The van der Waals surface area contributed by atoms with Crippen LogP contribution in [0, 0.1) is 0 Å². The predicted molar refractivity (Wildman–Crippen MR) is 66.4 cm³/mol. The van der Waals surface area contributed by atoms with Gasteiger partial charge in [-0.05, 0) is 30.9 Å². The third-order valence-corrected chi connectivity index (χ3v) is 3.89. The lowest BCUT2D eigenvalue weighted by molar-refractivity contribution is 0.0950. The van der Waals surface area contributed by atoms with Crippen molar-refractivity contribution in [2.45, 2.75) is 32.2 Å². The van der Waals surface area contributed by atoms with Crippen LogP contribution in [0.2, 0.25) is 0 Å². The highest BCUT2D eigenvalue weighted by atomic mass is 16.1. The summed E-state index contributed by atoms with van der Waals surface area (Å²) in [6.45, 7) is 0.870. The molecule has 4 rings (SSSR count). The van der Waals surface area contributed by atoms with Gasteiger partial charge in [0.05, 0.1) is 5.69 Å². The van der Waals surface area contributed by atoms with E-state index in [0.29, 0.717) is 6.42 Å². The standard InChI is InChI=1S/C14H13N3O/c18-12-2-1-7-17-14(12)11-4-3-9-8-15-6-5-10(9)13(11)16-17/h5-6,8H,1-4,7H2. The zero-order valence-electron chi connectivity index (χ0n) is 10.0. The molecule has 2 aromatic rings. The van der Waals surface area contributed by atoms with E-state index in [9.17, 15) is 4.79 Å². The van der Waals surface area contributed by atoms with E-state index in [4.69, 9.17) is 0 Å². The zero-order valence-corrected chi connectivity index (χ0v) is 10.0. The van der Waals surface area contributed by atoms with E-state index in [1.165, 1.54) is 5.56 Å². The number of pyridine rings is 1. The minimum Gasteiger partial charge on any atom is -0.292 e. The van der Waals surface area contributed by atoms with Gasteiger partial charge in [0.25, 0.3) is 0 Å². The Hall–Kier alpha value is -1.97. The predicted octanol–water partition coefficient (Wildman–Crippen LogP) is 2.02. The fourth-order valence-corrected chi connectivity index (χ4v) is 3.05. The van der Waals surface area contributed by atoms with Gasteiger partial charge in [-0.15, -0.1) is 0 Å². The topological polar surface area (TPSA) is 47.8 Å². The second-order valence-electron chi connectivity index (χ2n) is 4.96. The Balaban J connectivity index is 1.99. The molecule has 0 saturated carbocycles. The van der Waals surface area contributed by atoms with Gasteiger partial charge in [-0.1, -0.05) is 0 Å². The van der Waals surface area contributed by atoms with Crippen molar-refractivity contribution >= 4 is 5.78 Å². The first-order chi connectivity index (χ1) is 8.84. The lowest BCUT2D eigenvalue weighted by atomic mass is 9.89. The summed E-state index contributed by atoms with van der Waals surface area (Å²) in [6.07, 6.45) is 7.17. The first-order valence-electron chi connectivity index (χ1n) is 6.41. The molecule has 2 aromatic heterocycles. The van der Waals surface area contributed by atoms with E-state index in [1.54, 1.807) is 6.20 Å². The van der Waals surface area contributed by atoms with E-state index < -0.39 is 0 Å². The van der Waals surface area contributed by atoms with Crippen molar-refractivity contribution in [2.75, 3.05) is 0 Å². The van der Waals surface area contributed by atoms with Crippen LogP contribution >= 0.6 is 0 Å². The minimum atomic E-state index is 0.257. The number of hydrogen-bond acceptors (Lipinski definition) is 3. The van der Waals surface area contributed by atoms with Gasteiger partial charge in [0, 0.05) is 36.5 Å². The SMILES string of the molecule is O=C1CCCn2nc3c(c21)CCc1cnccc1-3. The quantitative estimate of drug-likeness (QED) is 0.706. The van der Waals surface area contributed by atoms with Crippen molar-refractivity contribution in [1.82, 2.24) is 14.8 Å². The number of Topliss-reactive ketones (excluding diaryl/α,β-unsaturated/α-hetero) is 1. The van der Waals surface area contributed by atoms with Crippen molar-refractivity contribution in [3.05, 3.63) is 35.3 Å². The number of carbonyl (C=O) groups excluding carboxylic acids is 1. The molecule has 90 valence electrons. The molecule has 3 heterocycles. The van der Waals surface area contributed by atoms with Crippen molar-refractivity contribution in [3.8, 4) is 11.3 Å². The highest BCUT2D eigenvalue weighted by Crippen LogP contribution is 2.35. The molecule has 0 radical (unpaired) electrons. The molecule has 0 spiro atoms. The maximum atomic E-state index is 12.1. The molecule has 0 amide bonds. The van der Waals surface area contributed by atoms with Gasteiger partial charge in [-0.3, -0.25) is 14.5 Å². The summed E-state index contributed by atoms with van der Waals surface area (Å²) in [5.41, 5.74) is 5.41. The normalized spacial score (nSPS) is 17.0. The molecule has 0 fully saturated rings. The molecule has 1 aliphatic heterocycles. The van der Waals surface area contributed by atoms with Crippen LogP contribution in [-0.4, -0.2) is 20.5 Å². The number of hydrogen-bond donors (Lipinski definition) is 0. The summed E-state index contributed by atoms with van der Waals surface area (Å²) in [4.78, 5) is 16.2. The number of fused-ring (bicyclic) bond motifs is 5. The smallest absolute Gasteiger partial charge is 0.181 e. The van der Waals surface area contributed by atoms with Crippen LogP contribution in [0.4, 0.5) is 0 Å². The average Bonchev–Trinajstić information content (AvgIpc) is 2.79. The average molecular weight is 239 g/mol. The van der Waals surface area contributed by atoms with Crippen molar-refractivity contribution in [3.63, 3.8) is 0 Å². The highest BCUT2D eigenvalue weighted by molar-refractivity contribution is 5.98.